The minimum atomic E-state index is -0.359. The quantitative estimate of drug-likeness (QED) is 0.766. The number of furan rings is 1. The van der Waals surface area contributed by atoms with Crippen LogP contribution in [0.4, 0.5) is 0 Å². The maximum atomic E-state index is 11.5. The number of carbonyl (C=O) groups is 1. The first-order valence-corrected chi connectivity index (χ1v) is 5.22. The van der Waals surface area contributed by atoms with E-state index in [1.807, 2.05) is 6.92 Å². The second-order valence-electron chi connectivity index (χ2n) is 2.76. The SMILES string of the molecule is CCC1=N[N]C(=NC(=O)c2ccoc2)S1. The molecule has 0 unspecified atom stereocenters. The summed E-state index contributed by atoms with van der Waals surface area (Å²) < 4.78 is 4.79. The number of nitrogens with zero attached hydrogens (tertiary/aromatic N) is 3. The lowest BCUT2D eigenvalue weighted by atomic mass is 10.3. The van der Waals surface area contributed by atoms with Gasteiger partial charge in [0.2, 0.25) is 5.17 Å². The minimum absolute atomic E-state index is 0.359. The van der Waals surface area contributed by atoms with Crippen LogP contribution < -0.4 is 5.43 Å². The number of hydrogen-bond donors (Lipinski definition) is 0. The highest BCUT2D eigenvalue weighted by Crippen LogP contribution is 2.16. The lowest BCUT2D eigenvalue weighted by molar-refractivity contribution is 0.100. The summed E-state index contributed by atoms with van der Waals surface area (Å²) in [6, 6.07) is 1.56. The zero-order valence-electron chi connectivity index (χ0n) is 8.01. The maximum Gasteiger partial charge on any atom is 0.282 e. The molecule has 77 valence electrons. The third kappa shape index (κ3) is 2.27. The molecule has 0 N–H and O–H groups in total. The zero-order chi connectivity index (χ0) is 10.7. The number of amides is 1. The average molecular weight is 222 g/mol. The Morgan fingerprint density at radius 1 is 1.67 bits per heavy atom. The minimum Gasteiger partial charge on any atom is -0.472 e. The van der Waals surface area contributed by atoms with Crippen LogP contribution in [0.15, 0.2) is 33.1 Å². The first kappa shape index (κ1) is 9.97. The molecule has 5 nitrogen and oxygen atoms in total. The van der Waals surface area contributed by atoms with Crippen molar-refractivity contribution >= 4 is 27.9 Å². The lowest BCUT2D eigenvalue weighted by Crippen LogP contribution is -2.04. The molecule has 1 aromatic heterocycles. The van der Waals surface area contributed by atoms with Gasteiger partial charge in [0.15, 0.2) is 0 Å². The molecule has 2 heterocycles. The molecule has 1 amide bonds. The molecular weight excluding hydrogens is 214 g/mol. The second-order valence-corrected chi connectivity index (χ2v) is 3.80. The van der Waals surface area contributed by atoms with Crippen LogP contribution in [0.1, 0.15) is 23.7 Å². The average Bonchev–Trinajstić information content (AvgIpc) is 2.87. The molecule has 0 saturated heterocycles. The fraction of sp³-hybridized carbons (Fsp3) is 0.222. The molecule has 0 aromatic carbocycles. The Balaban J connectivity index is 2.04. The molecule has 15 heavy (non-hydrogen) atoms. The van der Waals surface area contributed by atoms with Crippen LogP contribution in [0.25, 0.3) is 0 Å². The summed E-state index contributed by atoms with van der Waals surface area (Å²) in [5, 5.41) is 5.12. The van der Waals surface area contributed by atoms with Crippen molar-refractivity contribution in [3.05, 3.63) is 24.2 Å². The lowest BCUT2D eigenvalue weighted by Gasteiger charge is -1.91. The highest BCUT2D eigenvalue weighted by Gasteiger charge is 2.16. The van der Waals surface area contributed by atoms with Crippen LogP contribution in [-0.4, -0.2) is 16.1 Å². The van der Waals surface area contributed by atoms with Crippen molar-refractivity contribution in [2.45, 2.75) is 13.3 Å². The van der Waals surface area contributed by atoms with Gasteiger partial charge in [0.1, 0.15) is 11.3 Å². The molecule has 1 aliphatic rings. The topological polar surface area (TPSA) is 69.0 Å². The van der Waals surface area contributed by atoms with Crippen LogP contribution >= 0.6 is 11.8 Å². The first-order valence-electron chi connectivity index (χ1n) is 4.40. The molecule has 2 rings (SSSR count). The van der Waals surface area contributed by atoms with Crippen molar-refractivity contribution in [3.63, 3.8) is 0 Å². The predicted molar refractivity (Wildman–Crippen MR) is 57.9 cm³/mol. The van der Waals surface area contributed by atoms with E-state index in [1.54, 1.807) is 6.07 Å². The van der Waals surface area contributed by atoms with E-state index < -0.39 is 0 Å². The van der Waals surface area contributed by atoms with Gasteiger partial charge in [0.05, 0.1) is 11.8 Å². The van der Waals surface area contributed by atoms with Crippen LogP contribution in [-0.2, 0) is 0 Å². The molecule has 1 radical (unpaired) electrons. The number of amidine groups is 1. The Morgan fingerprint density at radius 3 is 3.13 bits per heavy atom. The summed E-state index contributed by atoms with van der Waals surface area (Å²) >= 11 is 1.32. The summed E-state index contributed by atoms with van der Waals surface area (Å²) in [7, 11) is 0. The summed E-state index contributed by atoms with van der Waals surface area (Å²) in [5.74, 6) is -0.359. The van der Waals surface area contributed by atoms with Gasteiger partial charge in [-0.15, -0.1) is 10.5 Å². The fourth-order valence-electron chi connectivity index (χ4n) is 0.970. The van der Waals surface area contributed by atoms with E-state index in [9.17, 15) is 4.79 Å². The molecular formula is C9H8N3O2S. The Labute approximate surface area is 90.6 Å². The second kappa shape index (κ2) is 4.31. The maximum absolute atomic E-state index is 11.5. The Kier molecular flexibility index (Phi) is 2.86. The summed E-state index contributed by atoms with van der Waals surface area (Å²) in [5.41, 5.74) is 4.21. The van der Waals surface area contributed by atoms with Gasteiger partial charge in [-0.05, 0) is 24.2 Å². The van der Waals surface area contributed by atoms with E-state index in [-0.39, 0.29) is 5.91 Å². The molecule has 0 fully saturated rings. The normalized spacial score (nSPS) is 17.7. The zero-order valence-corrected chi connectivity index (χ0v) is 8.82. The Morgan fingerprint density at radius 2 is 2.53 bits per heavy atom. The molecule has 0 bridgehead atoms. The van der Waals surface area contributed by atoms with E-state index >= 15 is 0 Å². The molecule has 0 aliphatic carbocycles. The molecule has 6 heteroatoms. The van der Waals surface area contributed by atoms with Crippen molar-refractivity contribution < 1.29 is 9.21 Å². The van der Waals surface area contributed by atoms with Crippen LogP contribution in [0.3, 0.4) is 0 Å². The first-order chi connectivity index (χ1) is 7.29. The van der Waals surface area contributed by atoms with Gasteiger partial charge in [0.25, 0.3) is 5.91 Å². The highest BCUT2D eigenvalue weighted by molar-refractivity contribution is 8.26. The largest absolute Gasteiger partial charge is 0.472 e. The summed E-state index contributed by atoms with van der Waals surface area (Å²) in [6.07, 6.45) is 3.58. The third-order valence-electron chi connectivity index (χ3n) is 1.72. The van der Waals surface area contributed by atoms with Crippen LogP contribution in [0.2, 0.25) is 0 Å². The fourth-order valence-corrected chi connectivity index (χ4v) is 1.62. The monoisotopic (exact) mass is 222 g/mol. The van der Waals surface area contributed by atoms with Crippen LogP contribution in [0.5, 0.6) is 0 Å². The van der Waals surface area contributed by atoms with Gasteiger partial charge in [0, 0.05) is 0 Å². The van der Waals surface area contributed by atoms with E-state index in [1.165, 1.54) is 24.3 Å². The highest BCUT2D eigenvalue weighted by atomic mass is 32.2. The number of carbonyl (C=O) groups excluding carboxylic acids is 1. The van der Waals surface area contributed by atoms with Crippen LogP contribution in [0, 0.1) is 0 Å². The molecule has 0 saturated carbocycles. The van der Waals surface area contributed by atoms with Crippen molar-refractivity contribution in [1.82, 2.24) is 5.43 Å². The molecule has 0 atom stereocenters. The van der Waals surface area contributed by atoms with E-state index in [2.05, 4.69) is 15.5 Å². The predicted octanol–water partition coefficient (Wildman–Crippen LogP) is 1.85. The molecule has 1 aromatic rings. The van der Waals surface area contributed by atoms with E-state index in [0.29, 0.717) is 10.7 Å². The Bertz CT molecular complexity index is 423. The summed E-state index contributed by atoms with van der Waals surface area (Å²) in [6.45, 7) is 1.97. The van der Waals surface area contributed by atoms with Gasteiger partial charge in [-0.3, -0.25) is 4.79 Å². The number of hydrogen-bond acceptors (Lipinski definition) is 4. The third-order valence-corrected chi connectivity index (χ3v) is 2.69. The van der Waals surface area contributed by atoms with Gasteiger partial charge < -0.3 is 4.42 Å². The molecule has 0 spiro atoms. The van der Waals surface area contributed by atoms with E-state index in [0.717, 1.165) is 11.5 Å². The van der Waals surface area contributed by atoms with Crippen molar-refractivity contribution in [2.75, 3.05) is 0 Å². The Hall–Kier alpha value is -1.56. The molecule has 1 aliphatic heterocycles. The van der Waals surface area contributed by atoms with E-state index in [4.69, 9.17) is 4.42 Å². The van der Waals surface area contributed by atoms with Gasteiger partial charge in [-0.2, -0.15) is 4.99 Å². The smallest absolute Gasteiger partial charge is 0.282 e. The van der Waals surface area contributed by atoms with Crippen molar-refractivity contribution in [2.24, 2.45) is 10.1 Å². The number of thioether (sulfide) groups is 1. The standard InChI is InChI=1S/C9H8N3O2S/c1-2-7-11-12-9(15-7)10-8(13)6-3-4-14-5-6/h3-5H,2H2,1H3. The number of aliphatic imine (C=N–C) groups is 1. The number of rotatable bonds is 2. The van der Waals surface area contributed by atoms with Crippen molar-refractivity contribution in [3.8, 4) is 0 Å². The van der Waals surface area contributed by atoms with Gasteiger partial charge >= 0.3 is 0 Å². The summed E-state index contributed by atoms with van der Waals surface area (Å²) in [4.78, 5) is 15.3. The van der Waals surface area contributed by atoms with Gasteiger partial charge in [-0.25, -0.2) is 0 Å². The van der Waals surface area contributed by atoms with Gasteiger partial charge in [-0.1, -0.05) is 6.92 Å². The van der Waals surface area contributed by atoms with Crippen molar-refractivity contribution in [1.29, 1.82) is 0 Å².